The monoisotopic (exact) mass is 360 g/mol. The summed E-state index contributed by atoms with van der Waals surface area (Å²) in [6.07, 6.45) is 0.545. The van der Waals surface area contributed by atoms with E-state index in [-0.39, 0.29) is 6.61 Å². The topological polar surface area (TPSA) is 96.2 Å². The third kappa shape index (κ3) is 3.69. The van der Waals surface area contributed by atoms with Crippen molar-refractivity contribution in [2.75, 3.05) is 11.9 Å². The molecular formula is C17H20N4O3S. The number of aliphatic hydroxyl groups excluding tert-OH is 1. The highest BCUT2D eigenvalue weighted by Gasteiger charge is 2.26. The molecule has 25 heavy (non-hydrogen) atoms. The van der Waals surface area contributed by atoms with Crippen LogP contribution in [0, 0.1) is 0 Å². The average Bonchev–Trinajstić information content (AvgIpc) is 3.22. The van der Waals surface area contributed by atoms with Gasteiger partial charge in [-0.3, -0.25) is 9.59 Å². The van der Waals surface area contributed by atoms with Crippen LogP contribution in [-0.2, 0) is 21.1 Å². The van der Waals surface area contributed by atoms with E-state index in [1.807, 2.05) is 37.3 Å². The minimum Gasteiger partial charge on any atom is -0.394 e. The number of nitrogens with one attached hydrogen (secondary N) is 2. The fraction of sp³-hybridized carbons (Fsp3) is 0.353. The van der Waals surface area contributed by atoms with E-state index in [2.05, 4.69) is 15.7 Å². The molecule has 0 unspecified atom stereocenters. The second-order valence-corrected chi connectivity index (χ2v) is 6.71. The molecule has 3 rings (SSSR count). The van der Waals surface area contributed by atoms with Crippen LogP contribution in [0.1, 0.15) is 24.6 Å². The van der Waals surface area contributed by atoms with Crippen LogP contribution in [0.2, 0.25) is 0 Å². The van der Waals surface area contributed by atoms with Crippen molar-refractivity contribution < 1.29 is 14.7 Å². The molecule has 1 aromatic heterocycles. The fourth-order valence-electron chi connectivity index (χ4n) is 2.59. The van der Waals surface area contributed by atoms with E-state index in [1.54, 1.807) is 16.4 Å². The number of aromatic nitrogens is 2. The van der Waals surface area contributed by atoms with E-state index >= 15 is 0 Å². The van der Waals surface area contributed by atoms with Crippen LogP contribution in [0.15, 0.2) is 30.3 Å². The number of thioether (sulfide) groups is 1. The molecule has 0 saturated carbocycles. The first-order valence-corrected chi connectivity index (χ1v) is 9.26. The quantitative estimate of drug-likeness (QED) is 0.701. The number of hydrogen-bond donors (Lipinski definition) is 3. The SMILES string of the molecule is CC[C@H](CO)NC(=O)C(=O)Nc1c2c(nn1-c1ccccc1)CSC2. The Morgan fingerprint density at radius 1 is 1.28 bits per heavy atom. The Kier molecular flexibility index (Phi) is 5.40. The lowest BCUT2D eigenvalue weighted by Gasteiger charge is -2.14. The zero-order valence-electron chi connectivity index (χ0n) is 13.9. The highest BCUT2D eigenvalue weighted by atomic mass is 32.2. The minimum absolute atomic E-state index is 0.205. The van der Waals surface area contributed by atoms with Gasteiger partial charge in [-0.2, -0.15) is 16.9 Å². The lowest BCUT2D eigenvalue weighted by atomic mass is 10.2. The number of nitrogens with zero attached hydrogens (tertiary/aromatic N) is 2. The first-order valence-electron chi connectivity index (χ1n) is 8.10. The number of carbonyl (C=O) groups excluding carboxylic acids is 2. The van der Waals surface area contributed by atoms with Crippen LogP contribution >= 0.6 is 11.8 Å². The Labute approximate surface area is 149 Å². The number of rotatable bonds is 5. The second-order valence-electron chi connectivity index (χ2n) is 5.73. The Hall–Kier alpha value is -2.32. The molecule has 1 atom stereocenters. The molecule has 0 bridgehead atoms. The van der Waals surface area contributed by atoms with Gasteiger partial charge in [-0.25, -0.2) is 4.68 Å². The second kappa shape index (κ2) is 7.71. The minimum atomic E-state index is -0.763. The molecule has 0 spiro atoms. The number of para-hydroxylation sites is 1. The van der Waals surface area contributed by atoms with Crippen molar-refractivity contribution in [3.8, 4) is 5.69 Å². The maximum atomic E-state index is 12.3. The largest absolute Gasteiger partial charge is 0.394 e. The summed E-state index contributed by atoms with van der Waals surface area (Å²) in [6, 6.07) is 9.04. The highest BCUT2D eigenvalue weighted by molar-refractivity contribution is 7.98. The first kappa shape index (κ1) is 17.5. The molecule has 1 aliphatic rings. The van der Waals surface area contributed by atoms with Crippen LogP contribution in [0.4, 0.5) is 5.82 Å². The predicted molar refractivity (Wildman–Crippen MR) is 96.5 cm³/mol. The normalized spacial score (nSPS) is 14.0. The highest BCUT2D eigenvalue weighted by Crippen LogP contribution is 2.35. The summed E-state index contributed by atoms with van der Waals surface area (Å²) in [5.74, 6) is 0.536. The predicted octanol–water partition coefficient (Wildman–Crippen LogP) is 1.44. The molecular weight excluding hydrogens is 340 g/mol. The molecule has 132 valence electrons. The third-order valence-electron chi connectivity index (χ3n) is 4.04. The molecule has 0 saturated heterocycles. The fourth-order valence-corrected chi connectivity index (χ4v) is 3.62. The van der Waals surface area contributed by atoms with Gasteiger partial charge in [0.1, 0.15) is 5.82 Å². The summed E-state index contributed by atoms with van der Waals surface area (Å²) in [5, 5.41) is 19.0. The van der Waals surface area contributed by atoms with Crippen molar-refractivity contribution in [3.63, 3.8) is 0 Å². The van der Waals surface area contributed by atoms with E-state index in [0.29, 0.717) is 12.2 Å². The standard InChI is InChI=1S/C17H20N4O3S/c1-2-11(8-22)18-16(23)17(24)19-15-13-9-25-10-14(13)20-21(15)12-6-4-3-5-7-12/h3-7,11,22H,2,8-10H2,1H3,(H,18,23)(H,19,24)/t11-/m1/s1. The van der Waals surface area contributed by atoms with Gasteiger partial charge in [0.05, 0.1) is 24.0 Å². The van der Waals surface area contributed by atoms with Crippen molar-refractivity contribution in [1.82, 2.24) is 15.1 Å². The number of benzene rings is 1. The van der Waals surface area contributed by atoms with Gasteiger partial charge in [0.2, 0.25) is 0 Å². The van der Waals surface area contributed by atoms with Gasteiger partial charge in [-0.1, -0.05) is 25.1 Å². The summed E-state index contributed by atoms with van der Waals surface area (Å²) < 4.78 is 1.67. The van der Waals surface area contributed by atoms with Crippen LogP contribution in [-0.4, -0.2) is 39.4 Å². The maximum absolute atomic E-state index is 12.3. The Morgan fingerprint density at radius 3 is 2.72 bits per heavy atom. The van der Waals surface area contributed by atoms with Crippen LogP contribution in [0.3, 0.4) is 0 Å². The maximum Gasteiger partial charge on any atom is 0.314 e. The summed E-state index contributed by atoms with van der Waals surface area (Å²) >= 11 is 1.72. The molecule has 1 aromatic carbocycles. The van der Waals surface area contributed by atoms with Crippen molar-refractivity contribution in [2.24, 2.45) is 0 Å². The van der Waals surface area contributed by atoms with Gasteiger partial charge in [-0.05, 0) is 18.6 Å². The summed E-state index contributed by atoms with van der Waals surface area (Å²) in [4.78, 5) is 24.4. The summed E-state index contributed by atoms with van der Waals surface area (Å²) in [5.41, 5.74) is 2.69. The lowest BCUT2D eigenvalue weighted by molar-refractivity contribution is -0.136. The number of aliphatic hydroxyl groups is 1. The van der Waals surface area contributed by atoms with Gasteiger partial charge in [0.25, 0.3) is 0 Å². The third-order valence-corrected chi connectivity index (χ3v) is 5.01. The van der Waals surface area contributed by atoms with Gasteiger partial charge >= 0.3 is 11.8 Å². The Balaban J connectivity index is 1.84. The van der Waals surface area contributed by atoms with Gasteiger partial charge in [-0.15, -0.1) is 0 Å². The molecule has 2 aromatic rings. The van der Waals surface area contributed by atoms with Crippen LogP contribution in [0.25, 0.3) is 5.69 Å². The van der Waals surface area contributed by atoms with Crippen LogP contribution < -0.4 is 10.6 Å². The molecule has 8 heteroatoms. The number of carbonyl (C=O) groups is 2. The molecule has 0 fully saturated rings. The van der Waals surface area contributed by atoms with Crippen molar-refractivity contribution in [3.05, 3.63) is 41.6 Å². The molecule has 3 N–H and O–H groups in total. The zero-order chi connectivity index (χ0) is 17.8. The van der Waals surface area contributed by atoms with E-state index in [4.69, 9.17) is 5.11 Å². The molecule has 2 amide bonds. The first-order chi connectivity index (χ1) is 12.1. The number of hydrogen-bond acceptors (Lipinski definition) is 5. The number of amides is 2. The molecule has 1 aliphatic heterocycles. The summed E-state index contributed by atoms with van der Waals surface area (Å²) in [7, 11) is 0. The van der Waals surface area contributed by atoms with Crippen molar-refractivity contribution >= 4 is 29.4 Å². The van der Waals surface area contributed by atoms with Gasteiger partial charge in [0, 0.05) is 17.1 Å². The van der Waals surface area contributed by atoms with Gasteiger partial charge < -0.3 is 15.7 Å². The molecule has 2 heterocycles. The lowest BCUT2D eigenvalue weighted by Crippen LogP contribution is -2.43. The molecule has 0 aliphatic carbocycles. The molecule has 7 nitrogen and oxygen atoms in total. The van der Waals surface area contributed by atoms with E-state index in [9.17, 15) is 9.59 Å². The Morgan fingerprint density at radius 2 is 2.04 bits per heavy atom. The van der Waals surface area contributed by atoms with E-state index in [0.717, 1.165) is 28.5 Å². The van der Waals surface area contributed by atoms with Crippen molar-refractivity contribution in [2.45, 2.75) is 30.9 Å². The smallest absolute Gasteiger partial charge is 0.314 e. The number of fused-ring (bicyclic) bond motifs is 1. The number of anilines is 1. The zero-order valence-corrected chi connectivity index (χ0v) is 14.7. The van der Waals surface area contributed by atoms with E-state index < -0.39 is 17.9 Å². The average molecular weight is 360 g/mol. The molecule has 0 radical (unpaired) electrons. The van der Waals surface area contributed by atoms with E-state index in [1.165, 1.54) is 0 Å². The Bertz CT molecular complexity index is 772. The van der Waals surface area contributed by atoms with Crippen LogP contribution in [0.5, 0.6) is 0 Å². The summed E-state index contributed by atoms with van der Waals surface area (Å²) in [6.45, 7) is 1.62. The van der Waals surface area contributed by atoms with Gasteiger partial charge in [0.15, 0.2) is 0 Å². The van der Waals surface area contributed by atoms with Crippen molar-refractivity contribution in [1.29, 1.82) is 0 Å².